The average molecular weight is 714 g/mol. The summed E-state index contributed by atoms with van der Waals surface area (Å²) in [4.78, 5) is 2.41. The van der Waals surface area contributed by atoms with Crippen LogP contribution in [0.4, 0.5) is 17.1 Å². The molecule has 0 aliphatic rings. The summed E-state index contributed by atoms with van der Waals surface area (Å²) < 4.78 is 6.52. The minimum atomic E-state index is 0.871. The highest BCUT2D eigenvalue weighted by Gasteiger charge is 2.23. The maximum atomic E-state index is 6.52. The molecule has 11 rings (SSSR count). The second-order valence-electron chi connectivity index (χ2n) is 14.5. The van der Waals surface area contributed by atoms with Gasteiger partial charge in [-0.05, 0) is 115 Å². The van der Waals surface area contributed by atoms with Crippen LogP contribution in [0.5, 0.6) is 0 Å². The highest BCUT2D eigenvalue weighted by atomic mass is 16.3. The van der Waals surface area contributed by atoms with Gasteiger partial charge in [0.1, 0.15) is 11.2 Å². The van der Waals surface area contributed by atoms with Gasteiger partial charge in [0.25, 0.3) is 0 Å². The third-order valence-corrected chi connectivity index (χ3v) is 11.2. The van der Waals surface area contributed by atoms with Crippen molar-refractivity contribution in [1.82, 2.24) is 0 Å². The number of benzene rings is 10. The maximum absolute atomic E-state index is 6.52. The van der Waals surface area contributed by atoms with Gasteiger partial charge < -0.3 is 9.32 Å². The molecule has 1 heterocycles. The lowest BCUT2D eigenvalue weighted by atomic mass is 9.93. The van der Waals surface area contributed by atoms with Crippen LogP contribution in [0.3, 0.4) is 0 Å². The fraction of sp³-hybridized carbons (Fsp3) is 0. The summed E-state index contributed by atoms with van der Waals surface area (Å²) in [6.45, 7) is 0. The molecule has 0 atom stereocenters. The zero-order valence-electron chi connectivity index (χ0n) is 30.6. The van der Waals surface area contributed by atoms with Gasteiger partial charge in [-0.3, -0.25) is 0 Å². The molecule has 262 valence electrons. The van der Waals surface area contributed by atoms with E-state index in [-0.39, 0.29) is 0 Å². The van der Waals surface area contributed by atoms with Crippen LogP contribution in [0.1, 0.15) is 0 Å². The van der Waals surface area contributed by atoms with E-state index in [0.29, 0.717) is 0 Å². The van der Waals surface area contributed by atoms with Gasteiger partial charge in [-0.25, -0.2) is 0 Å². The van der Waals surface area contributed by atoms with Gasteiger partial charge in [-0.1, -0.05) is 158 Å². The van der Waals surface area contributed by atoms with Crippen LogP contribution in [0.25, 0.3) is 87.6 Å². The van der Waals surface area contributed by atoms with E-state index in [1.807, 2.05) is 6.07 Å². The molecule has 0 saturated heterocycles. The molecule has 56 heavy (non-hydrogen) atoms. The smallest absolute Gasteiger partial charge is 0.136 e. The molecule has 0 unspecified atom stereocenters. The Hall–Kier alpha value is -7.42. The zero-order valence-corrected chi connectivity index (χ0v) is 30.6. The monoisotopic (exact) mass is 713 g/mol. The number of furan rings is 1. The first-order valence-corrected chi connectivity index (χ1v) is 19.2. The molecular formula is C54H35NO. The van der Waals surface area contributed by atoms with Crippen molar-refractivity contribution in [2.24, 2.45) is 0 Å². The van der Waals surface area contributed by atoms with Gasteiger partial charge in [0.2, 0.25) is 0 Å². The highest BCUT2D eigenvalue weighted by molar-refractivity contribution is 6.17. The predicted molar refractivity (Wildman–Crippen MR) is 237 cm³/mol. The molecule has 0 radical (unpaired) electrons. The molecule has 0 N–H and O–H groups in total. The Kier molecular flexibility index (Phi) is 7.53. The molecule has 2 nitrogen and oxygen atoms in total. The Morgan fingerprint density at radius 2 is 0.893 bits per heavy atom. The van der Waals surface area contributed by atoms with Crippen molar-refractivity contribution in [3.8, 4) is 33.4 Å². The number of rotatable bonds is 6. The number of nitrogens with zero attached hydrogens (tertiary/aromatic N) is 1. The molecule has 0 bridgehead atoms. The molecule has 10 aromatic carbocycles. The van der Waals surface area contributed by atoms with Gasteiger partial charge in [-0.2, -0.15) is 0 Å². The fourth-order valence-electron chi connectivity index (χ4n) is 8.57. The second kappa shape index (κ2) is 13.2. The molecule has 0 aliphatic heterocycles. The third kappa shape index (κ3) is 5.34. The van der Waals surface area contributed by atoms with Gasteiger partial charge in [0, 0.05) is 27.7 Å². The van der Waals surface area contributed by atoms with Crippen LogP contribution in [-0.2, 0) is 0 Å². The highest BCUT2D eigenvalue weighted by Crippen LogP contribution is 2.48. The Labute approximate surface area is 325 Å². The van der Waals surface area contributed by atoms with Crippen molar-refractivity contribution in [2.45, 2.75) is 0 Å². The summed E-state index contributed by atoms with van der Waals surface area (Å²) in [6.07, 6.45) is 0. The van der Waals surface area contributed by atoms with Gasteiger partial charge in [0.05, 0.1) is 5.69 Å². The van der Waals surface area contributed by atoms with Crippen molar-refractivity contribution < 1.29 is 4.42 Å². The number of fused-ring (bicyclic) bond motifs is 7. The molecule has 0 aliphatic carbocycles. The van der Waals surface area contributed by atoms with Crippen LogP contribution in [0, 0.1) is 0 Å². The normalized spacial score (nSPS) is 11.6. The molecule has 1 aromatic heterocycles. The summed E-state index contributed by atoms with van der Waals surface area (Å²) in [6, 6.07) is 76.5. The van der Waals surface area contributed by atoms with E-state index in [0.717, 1.165) is 50.1 Å². The minimum Gasteiger partial charge on any atom is -0.456 e. The zero-order chi connectivity index (χ0) is 37.0. The number of hydrogen-bond acceptors (Lipinski definition) is 2. The van der Waals surface area contributed by atoms with Crippen LogP contribution in [0.2, 0.25) is 0 Å². The quantitative estimate of drug-likeness (QED) is 0.160. The summed E-state index contributed by atoms with van der Waals surface area (Å²) in [7, 11) is 0. The van der Waals surface area contributed by atoms with Crippen molar-refractivity contribution >= 4 is 71.3 Å². The minimum absolute atomic E-state index is 0.871. The summed E-state index contributed by atoms with van der Waals surface area (Å²) >= 11 is 0. The van der Waals surface area contributed by atoms with Gasteiger partial charge >= 0.3 is 0 Å². The van der Waals surface area contributed by atoms with Crippen molar-refractivity contribution in [1.29, 1.82) is 0 Å². The molecule has 11 aromatic rings. The molecule has 0 fully saturated rings. The Morgan fingerprint density at radius 3 is 1.66 bits per heavy atom. The first kappa shape index (κ1) is 32.0. The van der Waals surface area contributed by atoms with Crippen molar-refractivity contribution in [3.63, 3.8) is 0 Å². The van der Waals surface area contributed by atoms with Crippen LogP contribution >= 0.6 is 0 Å². The van der Waals surface area contributed by atoms with E-state index in [1.165, 1.54) is 54.6 Å². The lowest BCUT2D eigenvalue weighted by Crippen LogP contribution is -2.11. The van der Waals surface area contributed by atoms with E-state index < -0.39 is 0 Å². The number of hydrogen-bond donors (Lipinski definition) is 0. The first-order valence-electron chi connectivity index (χ1n) is 19.2. The van der Waals surface area contributed by atoms with Gasteiger partial charge in [-0.15, -0.1) is 0 Å². The SMILES string of the molecule is c1ccc(-c2ccc(N(c3ccc(-c4cc5ccccc5c5ccccc45)cc3)c3ccc4oc5ccccc5c4c3-c3ccc4ccccc4c3)cc2)cc1. The van der Waals surface area contributed by atoms with Gasteiger partial charge in [0.15, 0.2) is 0 Å². The van der Waals surface area contributed by atoms with Crippen molar-refractivity contribution in [3.05, 3.63) is 212 Å². The molecule has 0 amide bonds. The lowest BCUT2D eigenvalue weighted by Gasteiger charge is -2.29. The summed E-state index contributed by atoms with van der Waals surface area (Å²) in [5.41, 5.74) is 12.0. The summed E-state index contributed by atoms with van der Waals surface area (Å²) in [5.74, 6) is 0. The molecule has 0 saturated carbocycles. The lowest BCUT2D eigenvalue weighted by molar-refractivity contribution is 0.669. The number of para-hydroxylation sites is 1. The Balaban J connectivity index is 1.14. The van der Waals surface area contributed by atoms with Crippen LogP contribution < -0.4 is 4.90 Å². The Morgan fingerprint density at radius 1 is 0.321 bits per heavy atom. The van der Waals surface area contributed by atoms with Crippen molar-refractivity contribution in [2.75, 3.05) is 4.90 Å². The predicted octanol–water partition coefficient (Wildman–Crippen LogP) is 15.5. The topological polar surface area (TPSA) is 16.4 Å². The van der Waals surface area contributed by atoms with E-state index in [2.05, 4.69) is 211 Å². The Bertz CT molecular complexity index is 3230. The third-order valence-electron chi connectivity index (χ3n) is 11.2. The van der Waals surface area contributed by atoms with E-state index in [4.69, 9.17) is 4.42 Å². The summed E-state index contributed by atoms with van der Waals surface area (Å²) in [5, 5.41) is 9.67. The van der Waals surface area contributed by atoms with Crippen LogP contribution in [-0.4, -0.2) is 0 Å². The van der Waals surface area contributed by atoms with Crippen LogP contribution in [0.15, 0.2) is 217 Å². The average Bonchev–Trinajstić information content (AvgIpc) is 3.66. The van der Waals surface area contributed by atoms with E-state index in [1.54, 1.807) is 0 Å². The van der Waals surface area contributed by atoms with E-state index >= 15 is 0 Å². The largest absolute Gasteiger partial charge is 0.456 e. The molecule has 0 spiro atoms. The maximum Gasteiger partial charge on any atom is 0.136 e. The van der Waals surface area contributed by atoms with E-state index in [9.17, 15) is 0 Å². The fourth-order valence-corrected chi connectivity index (χ4v) is 8.57. The number of anilines is 3. The first-order chi connectivity index (χ1) is 27.8. The second-order valence-corrected chi connectivity index (χ2v) is 14.5. The molecule has 2 heteroatoms. The molecular weight excluding hydrogens is 679 g/mol. The standard InChI is InChI=1S/C54H35NO/c1-2-12-36(13-3-1)38-24-28-43(29-25-38)55(44-30-26-39(27-31-44)49-35-41-16-6-7-17-45(41)46-18-8-9-19-47(46)49)50-32-33-52-54(48-20-10-11-21-51(48)56-52)53(50)42-23-22-37-14-4-5-15-40(37)34-42/h1-35H.